The van der Waals surface area contributed by atoms with E-state index in [0.717, 1.165) is 10.8 Å². The van der Waals surface area contributed by atoms with Crippen LogP contribution in [0.3, 0.4) is 0 Å². The minimum atomic E-state index is -0.986. The van der Waals surface area contributed by atoms with Gasteiger partial charge in [0.05, 0.1) is 18.4 Å². The average molecular weight is 270 g/mol. The number of ether oxygens (including phenoxy) is 1. The highest BCUT2D eigenvalue weighted by Gasteiger charge is 2.39. The van der Waals surface area contributed by atoms with Gasteiger partial charge in [-0.15, -0.1) is 0 Å². The lowest BCUT2D eigenvalue weighted by Gasteiger charge is -2.34. The Morgan fingerprint density at radius 1 is 1.30 bits per heavy atom. The first-order chi connectivity index (χ1) is 9.48. The number of carboxylic acids is 1. The number of ketones is 1. The van der Waals surface area contributed by atoms with Gasteiger partial charge in [0, 0.05) is 5.39 Å². The van der Waals surface area contributed by atoms with Crippen LogP contribution >= 0.6 is 0 Å². The second kappa shape index (κ2) is 4.34. The predicted octanol–water partition coefficient (Wildman–Crippen LogP) is 3.04. The fraction of sp³-hybridized carbons (Fsp3) is 0.250. The zero-order valence-corrected chi connectivity index (χ0v) is 11.1. The van der Waals surface area contributed by atoms with E-state index in [-0.39, 0.29) is 18.6 Å². The number of hydrogen-bond donors (Lipinski definition) is 1. The average Bonchev–Trinajstić information content (AvgIpc) is 2.37. The molecule has 102 valence electrons. The van der Waals surface area contributed by atoms with Crippen molar-refractivity contribution in [2.45, 2.75) is 25.4 Å². The maximum Gasteiger partial charge on any atom is 0.307 e. The lowest BCUT2D eigenvalue weighted by atomic mass is 9.87. The summed E-state index contributed by atoms with van der Waals surface area (Å²) >= 11 is 0. The van der Waals surface area contributed by atoms with E-state index >= 15 is 0 Å². The number of carboxylic acid groups (broad SMARTS) is 1. The molecule has 0 saturated heterocycles. The minimum absolute atomic E-state index is 0.0687. The van der Waals surface area contributed by atoms with Gasteiger partial charge in [-0.05, 0) is 18.4 Å². The van der Waals surface area contributed by atoms with Crippen molar-refractivity contribution in [1.82, 2.24) is 0 Å². The van der Waals surface area contributed by atoms with Crippen molar-refractivity contribution >= 4 is 22.5 Å². The van der Waals surface area contributed by atoms with E-state index in [2.05, 4.69) is 0 Å². The Hall–Kier alpha value is -2.36. The molecular formula is C16H14O4. The van der Waals surface area contributed by atoms with E-state index in [1.807, 2.05) is 30.3 Å². The van der Waals surface area contributed by atoms with Gasteiger partial charge in [0.15, 0.2) is 5.78 Å². The van der Waals surface area contributed by atoms with Crippen LogP contribution in [-0.4, -0.2) is 22.5 Å². The summed E-state index contributed by atoms with van der Waals surface area (Å²) in [6.45, 7) is 1.67. The Kier molecular flexibility index (Phi) is 2.74. The number of rotatable bonds is 2. The molecule has 2 aromatic carbocycles. The summed E-state index contributed by atoms with van der Waals surface area (Å²) in [5, 5.41) is 10.8. The summed E-state index contributed by atoms with van der Waals surface area (Å²) in [6, 6.07) is 11.2. The Bertz CT molecular complexity index is 719. The Balaban J connectivity index is 2.16. The van der Waals surface area contributed by atoms with Gasteiger partial charge in [-0.3, -0.25) is 9.59 Å². The Morgan fingerprint density at radius 2 is 2.05 bits per heavy atom. The van der Waals surface area contributed by atoms with Gasteiger partial charge >= 0.3 is 5.97 Å². The molecule has 1 aliphatic rings. The molecule has 3 rings (SSSR count). The summed E-state index contributed by atoms with van der Waals surface area (Å²) in [5.74, 6) is -0.534. The van der Waals surface area contributed by atoms with Gasteiger partial charge in [-0.1, -0.05) is 30.3 Å². The normalized spacial score (nSPS) is 21.4. The van der Waals surface area contributed by atoms with E-state index in [4.69, 9.17) is 9.84 Å². The van der Waals surface area contributed by atoms with Crippen LogP contribution < -0.4 is 4.74 Å². The zero-order chi connectivity index (χ0) is 14.3. The van der Waals surface area contributed by atoms with E-state index < -0.39 is 11.6 Å². The maximum absolute atomic E-state index is 12.3. The summed E-state index contributed by atoms with van der Waals surface area (Å²) in [6.07, 6.45) is -0.105. The SMILES string of the molecule is CC1(CC(=O)O)CC(=O)c2ccc3ccccc3c2O1. The minimum Gasteiger partial charge on any atom is -0.485 e. The van der Waals surface area contributed by atoms with Gasteiger partial charge in [-0.25, -0.2) is 0 Å². The maximum atomic E-state index is 12.3. The molecule has 0 fully saturated rings. The Morgan fingerprint density at radius 3 is 2.80 bits per heavy atom. The molecule has 0 radical (unpaired) electrons. The fourth-order valence-electron chi connectivity index (χ4n) is 2.71. The van der Waals surface area contributed by atoms with E-state index in [0.29, 0.717) is 11.3 Å². The van der Waals surface area contributed by atoms with Crippen LogP contribution in [0.15, 0.2) is 36.4 Å². The quantitative estimate of drug-likeness (QED) is 0.911. The topological polar surface area (TPSA) is 63.6 Å². The smallest absolute Gasteiger partial charge is 0.307 e. The number of carbonyl (C=O) groups excluding carboxylic acids is 1. The predicted molar refractivity (Wildman–Crippen MR) is 74.2 cm³/mol. The first kappa shape index (κ1) is 12.7. The molecule has 4 nitrogen and oxygen atoms in total. The molecule has 1 heterocycles. The van der Waals surface area contributed by atoms with Crippen LogP contribution in [0.1, 0.15) is 30.1 Å². The molecule has 1 atom stereocenters. The van der Waals surface area contributed by atoms with Crippen LogP contribution in [0.5, 0.6) is 5.75 Å². The molecule has 20 heavy (non-hydrogen) atoms. The molecule has 1 N–H and O–H groups in total. The first-order valence-electron chi connectivity index (χ1n) is 6.44. The first-order valence-corrected chi connectivity index (χ1v) is 6.44. The molecule has 1 unspecified atom stereocenters. The molecule has 1 aliphatic heterocycles. The fourth-order valence-corrected chi connectivity index (χ4v) is 2.71. The van der Waals surface area contributed by atoms with Crippen LogP contribution in [0, 0.1) is 0 Å². The van der Waals surface area contributed by atoms with Crippen molar-refractivity contribution in [3.8, 4) is 5.75 Å². The molecule has 0 aromatic heterocycles. The molecule has 0 amide bonds. The Labute approximate surface area is 116 Å². The molecule has 0 aliphatic carbocycles. The van der Waals surface area contributed by atoms with Gasteiger partial charge in [0.25, 0.3) is 0 Å². The molecule has 0 saturated carbocycles. The number of hydrogen-bond acceptors (Lipinski definition) is 3. The van der Waals surface area contributed by atoms with Gasteiger partial charge < -0.3 is 9.84 Å². The molecule has 0 bridgehead atoms. The highest BCUT2D eigenvalue weighted by Crippen LogP contribution is 2.39. The van der Waals surface area contributed by atoms with Crippen LogP contribution in [-0.2, 0) is 4.79 Å². The van der Waals surface area contributed by atoms with Crippen molar-refractivity contribution < 1.29 is 19.4 Å². The number of fused-ring (bicyclic) bond motifs is 3. The van der Waals surface area contributed by atoms with Crippen molar-refractivity contribution in [2.75, 3.05) is 0 Å². The monoisotopic (exact) mass is 270 g/mol. The number of benzene rings is 2. The summed E-state index contributed by atoms with van der Waals surface area (Å²) < 4.78 is 5.91. The highest BCUT2D eigenvalue weighted by atomic mass is 16.5. The third-order valence-electron chi connectivity index (χ3n) is 3.59. The van der Waals surface area contributed by atoms with Crippen LogP contribution in [0.25, 0.3) is 10.8 Å². The number of carbonyl (C=O) groups is 2. The molecule has 4 heteroatoms. The third kappa shape index (κ3) is 2.03. The molecule has 0 spiro atoms. The van der Waals surface area contributed by atoms with Crippen molar-refractivity contribution in [1.29, 1.82) is 0 Å². The van der Waals surface area contributed by atoms with Gasteiger partial charge in [0.1, 0.15) is 11.4 Å². The van der Waals surface area contributed by atoms with Crippen LogP contribution in [0.2, 0.25) is 0 Å². The summed E-state index contributed by atoms with van der Waals surface area (Å²) in [5.41, 5.74) is -0.452. The van der Waals surface area contributed by atoms with Crippen molar-refractivity contribution in [2.24, 2.45) is 0 Å². The third-order valence-corrected chi connectivity index (χ3v) is 3.59. The van der Waals surface area contributed by atoms with Crippen LogP contribution in [0.4, 0.5) is 0 Å². The lowest BCUT2D eigenvalue weighted by Crippen LogP contribution is -2.41. The summed E-state index contributed by atoms with van der Waals surface area (Å²) in [4.78, 5) is 23.2. The highest BCUT2D eigenvalue weighted by molar-refractivity contribution is 6.06. The molecular weight excluding hydrogens is 256 g/mol. The van der Waals surface area contributed by atoms with Crippen molar-refractivity contribution in [3.05, 3.63) is 42.0 Å². The second-order valence-corrected chi connectivity index (χ2v) is 5.39. The molecule has 2 aromatic rings. The van der Waals surface area contributed by atoms with Gasteiger partial charge in [-0.2, -0.15) is 0 Å². The van der Waals surface area contributed by atoms with E-state index in [1.54, 1.807) is 13.0 Å². The standard InChI is InChI=1S/C16H14O4/c1-16(9-14(18)19)8-13(17)12-7-6-10-4-2-3-5-11(10)15(12)20-16/h2-7H,8-9H2,1H3,(H,18,19). The number of aliphatic carboxylic acids is 1. The summed E-state index contributed by atoms with van der Waals surface area (Å²) in [7, 11) is 0. The van der Waals surface area contributed by atoms with Gasteiger partial charge in [0.2, 0.25) is 0 Å². The lowest BCUT2D eigenvalue weighted by molar-refractivity contribution is -0.141. The number of Topliss-reactive ketones (excluding diaryl/α,β-unsaturated/α-hetero) is 1. The zero-order valence-electron chi connectivity index (χ0n) is 11.1. The largest absolute Gasteiger partial charge is 0.485 e. The second-order valence-electron chi connectivity index (χ2n) is 5.39. The van der Waals surface area contributed by atoms with E-state index in [1.165, 1.54) is 0 Å². The van der Waals surface area contributed by atoms with E-state index in [9.17, 15) is 9.59 Å². The van der Waals surface area contributed by atoms with Crippen molar-refractivity contribution in [3.63, 3.8) is 0 Å².